The fourth-order valence-electron chi connectivity index (χ4n) is 8.20. The third kappa shape index (κ3) is 12.9. The maximum absolute atomic E-state index is 14.2. The third-order valence-electron chi connectivity index (χ3n) is 11.5. The maximum Gasteiger partial charge on any atom is 0.416 e. The third-order valence-corrected chi connectivity index (χ3v) is 11.5. The van der Waals surface area contributed by atoms with E-state index < -0.39 is 195 Å². The highest BCUT2D eigenvalue weighted by Gasteiger charge is 2.47. The van der Waals surface area contributed by atoms with Gasteiger partial charge in [0.1, 0.15) is 12.0 Å². The highest BCUT2D eigenvalue weighted by molar-refractivity contribution is 7.20. The van der Waals surface area contributed by atoms with Gasteiger partial charge < -0.3 is 0 Å². The van der Waals surface area contributed by atoms with E-state index in [1.807, 2.05) is 42.7 Å². The Balaban J connectivity index is 0.000000421. The molecule has 400 valence electrons. The van der Waals surface area contributed by atoms with Crippen molar-refractivity contribution in [2.24, 2.45) is 0 Å². The van der Waals surface area contributed by atoms with Crippen molar-refractivity contribution in [2.45, 2.75) is 56.0 Å². The SMILES string of the molecule is FC(F)(F)c1cc([B-](c2cc(C(F)(F)F)cc(C(F)(F)F)c2)(c2cc(C(F)(F)F)cc(C(F)(F)F)c2)c2cc(C(F)(F)F)cc(C(F)(F)F)c2)cc(C(F)(F)F)c1.Fc1cccc2c[n+](Cc3ccccc3)ccc12. The molecule has 0 radical (unpaired) electrons. The molecule has 0 saturated heterocycles. The Hall–Kier alpha value is -6.96. The van der Waals surface area contributed by atoms with Gasteiger partial charge in [0.25, 0.3) is 0 Å². The van der Waals surface area contributed by atoms with Crippen molar-refractivity contribution in [3.63, 3.8) is 0 Å². The normalized spacial score (nSPS) is 13.5. The predicted octanol–water partition coefficient (Wildman–Crippen LogP) is 14.5. The van der Waals surface area contributed by atoms with Crippen LogP contribution < -0.4 is 26.4 Å². The van der Waals surface area contributed by atoms with Crippen LogP contribution in [-0.4, -0.2) is 6.15 Å². The minimum atomic E-state index is -6.13. The van der Waals surface area contributed by atoms with Crippen LogP contribution in [0.15, 0.2) is 140 Å². The van der Waals surface area contributed by atoms with Gasteiger partial charge in [-0.2, -0.15) is 127 Å². The monoisotopic (exact) mass is 1100 g/mol. The summed E-state index contributed by atoms with van der Waals surface area (Å²) in [5.41, 5.74) is -29.0. The molecule has 0 N–H and O–H groups in total. The van der Waals surface area contributed by atoms with Crippen molar-refractivity contribution < 1.29 is 114 Å². The van der Waals surface area contributed by atoms with Crippen LogP contribution in [0.1, 0.15) is 50.1 Å². The molecule has 0 aliphatic carbocycles. The van der Waals surface area contributed by atoms with Crippen LogP contribution in [0, 0.1) is 5.82 Å². The standard InChI is InChI=1S/C32H12BF24.C16H13FN/c34-25(35,36)13-1-14(26(37,38)39)6-21(5-13)33(22-7-15(27(40,41)42)2-16(8-22)28(43,44)45,23-9-17(29(46,47)48)3-18(10-23)30(49,50)51)24-11-19(31(52,53)54)4-20(12-24)32(55,56)57;17-16-8-4-7-14-12-18(10-9-15(14)16)11-13-5-2-1-3-6-13/h1-12H;1-10,12H,11H2/q-1;+1. The number of pyridine rings is 1. The van der Waals surface area contributed by atoms with Gasteiger partial charge in [0, 0.05) is 22.4 Å². The number of hydrogen-bond acceptors (Lipinski definition) is 0. The molecule has 1 nitrogen and oxygen atoms in total. The van der Waals surface area contributed by atoms with Crippen molar-refractivity contribution in [1.82, 2.24) is 0 Å². The van der Waals surface area contributed by atoms with Crippen molar-refractivity contribution >= 4 is 38.8 Å². The Morgan fingerprint density at radius 1 is 0.320 bits per heavy atom. The zero-order valence-electron chi connectivity index (χ0n) is 36.5. The molecule has 0 atom stereocenters. The fourth-order valence-corrected chi connectivity index (χ4v) is 8.20. The smallest absolute Gasteiger partial charge is 0.206 e. The van der Waals surface area contributed by atoms with Gasteiger partial charge in [-0.3, -0.25) is 0 Å². The lowest BCUT2D eigenvalue weighted by Gasteiger charge is -2.46. The molecule has 0 aliphatic rings. The molecule has 0 unspecified atom stereocenters. The van der Waals surface area contributed by atoms with Gasteiger partial charge in [-0.1, -0.05) is 84.9 Å². The molecule has 0 spiro atoms. The lowest BCUT2D eigenvalue weighted by molar-refractivity contribution is -0.687. The summed E-state index contributed by atoms with van der Waals surface area (Å²) >= 11 is 0. The molecule has 7 rings (SSSR count). The fraction of sp³-hybridized carbons (Fsp3) is 0.188. The summed E-state index contributed by atoms with van der Waals surface area (Å²) in [5, 5.41) is 1.59. The van der Waals surface area contributed by atoms with E-state index in [4.69, 9.17) is 0 Å². The molecule has 0 fully saturated rings. The Morgan fingerprint density at radius 3 is 0.867 bits per heavy atom. The van der Waals surface area contributed by atoms with Crippen LogP contribution in [-0.2, 0) is 56.0 Å². The Labute approximate surface area is 404 Å². The largest absolute Gasteiger partial charge is 0.416 e. The summed E-state index contributed by atoms with van der Waals surface area (Å²) in [6.07, 6.45) is -50.9. The summed E-state index contributed by atoms with van der Waals surface area (Å²) < 4.78 is 356. The van der Waals surface area contributed by atoms with Crippen LogP contribution in [0.3, 0.4) is 0 Å². The molecule has 1 heterocycles. The van der Waals surface area contributed by atoms with Gasteiger partial charge in [-0.15, -0.1) is 0 Å². The zero-order chi connectivity index (χ0) is 56.3. The highest BCUT2D eigenvalue weighted by atomic mass is 19.4. The van der Waals surface area contributed by atoms with Crippen LogP contribution in [0.25, 0.3) is 10.8 Å². The van der Waals surface area contributed by atoms with Gasteiger partial charge in [-0.25, -0.2) is 8.96 Å². The molecule has 0 saturated carbocycles. The molecule has 27 heteroatoms. The van der Waals surface area contributed by atoms with Crippen LogP contribution >= 0.6 is 0 Å². The van der Waals surface area contributed by atoms with Gasteiger partial charge in [0.05, 0.1) is 44.5 Å². The van der Waals surface area contributed by atoms with Crippen LogP contribution in [0.2, 0.25) is 0 Å². The summed E-state index contributed by atoms with van der Waals surface area (Å²) in [5.74, 6) is -0.167. The quantitative estimate of drug-likeness (QED) is 0.0888. The number of aromatic nitrogens is 1. The molecule has 0 bridgehead atoms. The van der Waals surface area contributed by atoms with E-state index in [-0.39, 0.29) is 5.82 Å². The number of alkyl halides is 24. The maximum atomic E-state index is 14.2. The minimum Gasteiger partial charge on any atom is -0.206 e. The van der Waals surface area contributed by atoms with E-state index in [9.17, 15) is 110 Å². The second-order valence-corrected chi connectivity index (χ2v) is 16.6. The molecule has 0 aliphatic heterocycles. The van der Waals surface area contributed by atoms with Gasteiger partial charge in [0.2, 0.25) is 0 Å². The van der Waals surface area contributed by atoms with E-state index in [1.165, 1.54) is 11.6 Å². The summed E-state index contributed by atoms with van der Waals surface area (Å²) in [4.78, 5) is 0. The minimum absolute atomic E-state index is 0.167. The number of hydrogen-bond donors (Lipinski definition) is 0. The number of nitrogens with zero attached hydrogens (tertiary/aromatic N) is 1. The van der Waals surface area contributed by atoms with E-state index in [0.29, 0.717) is 5.39 Å². The van der Waals surface area contributed by atoms with E-state index in [0.717, 1.165) is 11.9 Å². The van der Waals surface area contributed by atoms with Gasteiger partial charge >= 0.3 is 49.4 Å². The zero-order valence-corrected chi connectivity index (χ0v) is 36.5. The van der Waals surface area contributed by atoms with Gasteiger partial charge in [0.15, 0.2) is 18.9 Å². The predicted molar refractivity (Wildman–Crippen MR) is 220 cm³/mol. The molecule has 1 aromatic heterocycles. The number of halogens is 25. The molecular weight excluding hydrogens is 1080 g/mol. The molecule has 7 aromatic rings. The molecular formula is C48H25BF25N. The molecule has 0 amide bonds. The first-order valence-corrected chi connectivity index (χ1v) is 20.6. The second-order valence-electron chi connectivity index (χ2n) is 16.6. The van der Waals surface area contributed by atoms with Crippen molar-refractivity contribution in [1.29, 1.82) is 0 Å². The van der Waals surface area contributed by atoms with Gasteiger partial charge in [-0.05, 0) is 36.4 Å². The summed E-state index contributed by atoms with van der Waals surface area (Å²) in [7, 11) is 0. The summed E-state index contributed by atoms with van der Waals surface area (Å²) in [6.45, 7) is 0.799. The first kappa shape index (κ1) is 57.3. The van der Waals surface area contributed by atoms with Crippen molar-refractivity contribution in [3.8, 4) is 0 Å². The molecule has 75 heavy (non-hydrogen) atoms. The van der Waals surface area contributed by atoms with E-state index in [2.05, 4.69) is 16.7 Å². The van der Waals surface area contributed by atoms with E-state index >= 15 is 0 Å². The number of benzene rings is 6. The van der Waals surface area contributed by atoms with Crippen molar-refractivity contribution in [3.05, 3.63) is 196 Å². The topological polar surface area (TPSA) is 3.88 Å². The average Bonchev–Trinajstić information content (AvgIpc) is 3.27. The Kier molecular flexibility index (Phi) is 15.0. The average molecular weight is 1100 g/mol. The lowest BCUT2D eigenvalue weighted by atomic mass is 9.12. The Morgan fingerprint density at radius 2 is 0.600 bits per heavy atom. The highest BCUT2D eigenvalue weighted by Crippen LogP contribution is 2.41. The lowest BCUT2D eigenvalue weighted by Crippen LogP contribution is -2.75. The van der Waals surface area contributed by atoms with Crippen LogP contribution in [0.4, 0.5) is 110 Å². The number of fused-ring (bicyclic) bond motifs is 1. The summed E-state index contributed by atoms with van der Waals surface area (Å²) in [6, 6.07) is 8.40. The van der Waals surface area contributed by atoms with E-state index in [1.54, 1.807) is 6.07 Å². The van der Waals surface area contributed by atoms with Crippen molar-refractivity contribution in [2.75, 3.05) is 0 Å². The first-order valence-electron chi connectivity index (χ1n) is 20.6. The number of rotatable bonds is 6. The first-order chi connectivity index (χ1) is 34.1. The molecule has 6 aromatic carbocycles. The Bertz CT molecular complexity index is 2750. The van der Waals surface area contributed by atoms with Crippen LogP contribution in [0.5, 0.6) is 0 Å². The second kappa shape index (κ2) is 19.6.